The summed E-state index contributed by atoms with van der Waals surface area (Å²) >= 11 is 5.28. The van der Waals surface area contributed by atoms with Crippen molar-refractivity contribution < 1.29 is 27.4 Å². The van der Waals surface area contributed by atoms with Gasteiger partial charge >= 0.3 is 6.18 Å². The summed E-state index contributed by atoms with van der Waals surface area (Å²) in [7, 11) is 0. The van der Waals surface area contributed by atoms with Gasteiger partial charge in [0.2, 0.25) is 0 Å². The van der Waals surface area contributed by atoms with Gasteiger partial charge < -0.3 is 14.2 Å². The van der Waals surface area contributed by atoms with Crippen LogP contribution in [0.5, 0.6) is 17.2 Å². The number of nitrogens with one attached hydrogen (secondary N) is 1. The van der Waals surface area contributed by atoms with Crippen LogP contribution in [0.1, 0.15) is 11.4 Å². The minimum absolute atomic E-state index is 0.0805. The van der Waals surface area contributed by atoms with Crippen molar-refractivity contribution >= 4 is 12.2 Å². The summed E-state index contributed by atoms with van der Waals surface area (Å²) in [5.74, 6) is 1.69. The molecule has 4 rings (SSSR count). The molecule has 1 aromatic heterocycles. The normalized spacial score (nSPS) is 13.4. The van der Waals surface area contributed by atoms with Gasteiger partial charge in [-0.2, -0.15) is 18.3 Å². The number of aromatic amines is 1. The molecule has 0 unspecified atom stereocenters. The Bertz CT molecular complexity index is 1060. The van der Waals surface area contributed by atoms with Crippen molar-refractivity contribution in [1.29, 1.82) is 0 Å². The van der Waals surface area contributed by atoms with Crippen LogP contribution >= 0.6 is 12.2 Å². The van der Waals surface area contributed by atoms with Crippen LogP contribution in [-0.4, -0.2) is 28.0 Å². The van der Waals surface area contributed by atoms with Crippen molar-refractivity contribution in [2.45, 2.75) is 12.8 Å². The first-order valence-corrected chi connectivity index (χ1v) is 8.69. The molecule has 146 valence electrons. The van der Waals surface area contributed by atoms with Crippen molar-refractivity contribution in [1.82, 2.24) is 14.8 Å². The summed E-state index contributed by atoms with van der Waals surface area (Å²) in [6.45, 7) is 0.842. The maximum absolute atomic E-state index is 12.8. The van der Waals surface area contributed by atoms with E-state index in [4.69, 9.17) is 26.4 Å². The smallest absolute Gasteiger partial charge is 0.416 e. The lowest BCUT2D eigenvalue weighted by Gasteiger charge is -2.19. The Kier molecular flexibility index (Phi) is 4.71. The van der Waals surface area contributed by atoms with Gasteiger partial charge in [0, 0.05) is 6.07 Å². The zero-order chi connectivity index (χ0) is 19.7. The van der Waals surface area contributed by atoms with Crippen LogP contribution in [0, 0.1) is 4.77 Å². The van der Waals surface area contributed by atoms with Crippen molar-refractivity contribution in [3.63, 3.8) is 0 Å². The summed E-state index contributed by atoms with van der Waals surface area (Å²) in [6, 6.07) is 9.96. The fourth-order valence-electron chi connectivity index (χ4n) is 2.77. The molecule has 2 heterocycles. The van der Waals surface area contributed by atoms with Crippen molar-refractivity contribution in [2.75, 3.05) is 13.2 Å². The number of fused-ring (bicyclic) bond motifs is 1. The summed E-state index contributed by atoms with van der Waals surface area (Å²) in [5, 5.41) is 6.79. The molecule has 0 bridgehead atoms. The summed E-state index contributed by atoms with van der Waals surface area (Å²) < 4.78 is 57.1. The van der Waals surface area contributed by atoms with E-state index < -0.39 is 11.7 Å². The number of alkyl halides is 3. The zero-order valence-corrected chi connectivity index (χ0v) is 15.1. The van der Waals surface area contributed by atoms with Crippen LogP contribution in [-0.2, 0) is 12.8 Å². The topological polar surface area (TPSA) is 61.3 Å². The number of halogens is 3. The number of aromatic nitrogens is 3. The van der Waals surface area contributed by atoms with Crippen molar-refractivity contribution in [3.8, 4) is 22.9 Å². The Morgan fingerprint density at radius 1 is 1.11 bits per heavy atom. The minimum Gasteiger partial charge on any atom is -0.486 e. The number of hydrogen-bond donors (Lipinski definition) is 1. The van der Waals surface area contributed by atoms with E-state index in [1.165, 1.54) is 12.1 Å². The Hall–Kier alpha value is -3.01. The molecule has 1 N–H and O–H groups in total. The van der Waals surface area contributed by atoms with Crippen LogP contribution < -0.4 is 14.2 Å². The monoisotopic (exact) mass is 409 g/mol. The molecule has 0 saturated heterocycles. The average molecular weight is 409 g/mol. The van der Waals surface area contributed by atoms with Gasteiger partial charge in [-0.1, -0.05) is 6.07 Å². The lowest BCUT2D eigenvalue weighted by atomic mass is 10.2. The lowest BCUT2D eigenvalue weighted by Crippen LogP contribution is -2.15. The van der Waals surface area contributed by atoms with Gasteiger partial charge in [-0.05, 0) is 42.5 Å². The van der Waals surface area contributed by atoms with Crippen LogP contribution in [0.2, 0.25) is 0 Å². The van der Waals surface area contributed by atoms with Gasteiger partial charge in [-0.25, -0.2) is 0 Å². The molecule has 0 radical (unpaired) electrons. The predicted octanol–water partition coefficient (Wildman–Crippen LogP) is 4.30. The molecule has 0 saturated carbocycles. The Morgan fingerprint density at radius 3 is 2.68 bits per heavy atom. The third-order valence-corrected chi connectivity index (χ3v) is 4.33. The molecule has 3 aromatic rings. The van der Waals surface area contributed by atoms with Gasteiger partial charge in [-0.3, -0.25) is 9.67 Å². The Morgan fingerprint density at radius 2 is 1.89 bits per heavy atom. The number of rotatable bonds is 4. The van der Waals surface area contributed by atoms with E-state index >= 15 is 0 Å². The van der Waals surface area contributed by atoms with E-state index in [1.54, 1.807) is 22.8 Å². The molecule has 10 heteroatoms. The number of ether oxygens (including phenoxy) is 3. The number of nitrogens with zero attached hydrogens (tertiary/aromatic N) is 2. The molecule has 1 aliphatic rings. The second-order valence-electron chi connectivity index (χ2n) is 5.92. The fraction of sp³-hybridized carbons (Fsp3) is 0.222. The van der Waals surface area contributed by atoms with Gasteiger partial charge in [-0.15, -0.1) is 0 Å². The van der Waals surface area contributed by atoms with Gasteiger partial charge in [0.05, 0.1) is 11.3 Å². The standard InChI is InChI=1S/C18H14F3N3O3S/c19-18(20,21)11-2-1-3-13(8-11)27-10-16-22-23-17(28)24(16)12-4-5-14-15(9-12)26-7-6-25-14/h1-5,8-9H,6-7,10H2,(H,23,28). The SMILES string of the molecule is FC(F)(F)c1cccc(OCc2n[nH]c(=S)n2-c2ccc3c(c2)OCCO3)c1. The van der Waals surface area contributed by atoms with E-state index in [1.807, 2.05) is 0 Å². The second kappa shape index (κ2) is 7.19. The van der Waals surface area contributed by atoms with Crippen LogP contribution in [0.4, 0.5) is 13.2 Å². The molecule has 0 fully saturated rings. The van der Waals surface area contributed by atoms with Gasteiger partial charge in [0.1, 0.15) is 25.6 Å². The van der Waals surface area contributed by atoms with Crippen LogP contribution in [0.3, 0.4) is 0 Å². The van der Waals surface area contributed by atoms with E-state index in [-0.39, 0.29) is 12.4 Å². The summed E-state index contributed by atoms with van der Waals surface area (Å²) in [6.07, 6.45) is -4.44. The maximum atomic E-state index is 12.8. The number of benzene rings is 2. The molecule has 6 nitrogen and oxygen atoms in total. The second-order valence-corrected chi connectivity index (χ2v) is 6.31. The van der Waals surface area contributed by atoms with E-state index in [0.717, 1.165) is 12.1 Å². The fourth-order valence-corrected chi connectivity index (χ4v) is 3.03. The molecule has 2 aromatic carbocycles. The summed E-state index contributed by atoms with van der Waals surface area (Å²) in [4.78, 5) is 0. The highest BCUT2D eigenvalue weighted by atomic mass is 32.1. The van der Waals surface area contributed by atoms with E-state index in [2.05, 4.69) is 10.2 Å². The van der Waals surface area contributed by atoms with Crippen molar-refractivity contribution in [3.05, 3.63) is 58.6 Å². The first kappa shape index (κ1) is 18.4. The lowest BCUT2D eigenvalue weighted by molar-refractivity contribution is -0.137. The first-order valence-electron chi connectivity index (χ1n) is 8.28. The molecule has 28 heavy (non-hydrogen) atoms. The molecular formula is C18H14F3N3O3S. The maximum Gasteiger partial charge on any atom is 0.416 e. The molecule has 0 atom stereocenters. The first-order chi connectivity index (χ1) is 13.4. The molecule has 0 amide bonds. The Balaban J connectivity index is 1.59. The molecular weight excluding hydrogens is 395 g/mol. The largest absolute Gasteiger partial charge is 0.486 e. The van der Waals surface area contributed by atoms with Crippen LogP contribution in [0.15, 0.2) is 42.5 Å². The summed E-state index contributed by atoms with van der Waals surface area (Å²) in [5.41, 5.74) is -0.110. The highest BCUT2D eigenvalue weighted by Gasteiger charge is 2.30. The van der Waals surface area contributed by atoms with Gasteiger partial charge in [0.15, 0.2) is 22.1 Å². The number of hydrogen-bond acceptors (Lipinski definition) is 5. The molecule has 0 aliphatic carbocycles. The van der Waals surface area contributed by atoms with E-state index in [9.17, 15) is 13.2 Å². The highest BCUT2D eigenvalue weighted by Crippen LogP contribution is 2.33. The van der Waals surface area contributed by atoms with Gasteiger partial charge in [0.25, 0.3) is 0 Å². The minimum atomic E-state index is -4.44. The zero-order valence-electron chi connectivity index (χ0n) is 14.3. The average Bonchev–Trinajstić information content (AvgIpc) is 3.06. The molecule has 0 spiro atoms. The van der Waals surface area contributed by atoms with Crippen molar-refractivity contribution in [2.24, 2.45) is 0 Å². The van der Waals surface area contributed by atoms with E-state index in [0.29, 0.717) is 41.0 Å². The molecule has 1 aliphatic heterocycles. The van der Waals surface area contributed by atoms with Crippen LogP contribution in [0.25, 0.3) is 5.69 Å². The Labute approximate surface area is 162 Å². The number of H-pyrrole nitrogens is 1. The third-order valence-electron chi connectivity index (χ3n) is 4.06. The quantitative estimate of drug-likeness (QED) is 0.651. The highest BCUT2D eigenvalue weighted by molar-refractivity contribution is 7.71. The third kappa shape index (κ3) is 3.68. The predicted molar refractivity (Wildman–Crippen MR) is 95.5 cm³/mol.